The van der Waals surface area contributed by atoms with E-state index in [-0.39, 0.29) is 19.4 Å². The number of carboxylic acid groups (broad SMARTS) is 1. The molecule has 0 rings (SSSR count). The number of rotatable bonds is 6. The van der Waals surface area contributed by atoms with Crippen molar-refractivity contribution in [1.29, 1.82) is 0 Å². The summed E-state index contributed by atoms with van der Waals surface area (Å²) >= 11 is 0. The van der Waals surface area contributed by atoms with Crippen molar-refractivity contribution in [2.24, 2.45) is 16.5 Å². The van der Waals surface area contributed by atoms with E-state index in [0.29, 0.717) is 11.4 Å². The predicted octanol–water partition coefficient (Wildman–Crippen LogP) is 1.19. The van der Waals surface area contributed by atoms with E-state index in [1.54, 1.807) is 13.8 Å². The van der Waals surface area contributed by atoms with Crippen molar-refractivity contribution in [3.8, 4) is 0 Å². The fraction of sp³-hybridized carbons (Fsp3) is 0.636. The van der Waals surface area contributed by atoms with Crippen molar-refractivity contribution < 1.29 is 14.3 Å². The Morgan fingerprint density at radius 1 is 1.47 bits per heavy atom. The zero-order valence-electron chi connectivity index (χ0n) is 10.5. The summed E-state index contributed by atoms with van der Waals surface area (Å²) in [6.45, 7) is 4.46. The van der Waals surface area contributed by atoms with Crippen LogP contribution in [-0.2, 0) is 4.79 Å². The van der Waals surface area contributed by atoms with Gasteiger partial charge in [0.1, 0.15) is 11.4 Å². The van der Waals surface area contributed by atoms with E-state index in [1.807, 2.05) is 0 Å². The van der Waals surface area contributed by atoms with Crippen LogP contribution in [0.4, 0.5) is 4.39 Å². The zero-order valence-corrected chi connectivity index (χ0v) is 10.5. The normalized spacial score (nSPS) is 17.4. The molecule has 98 valence electrons. The average Bonchev–Trinajstić information content (AvgIpc) is 2.22. The van der Waals surface area contributed by atoms with Crippen LogP contribution in [0.25, 0.3) is 0 Å². The molecular weight excluding hydrogens is 225 g/mol. The minimum absolute atomic E-state index is 0.109. The molecule has 6 heteroatoms. The van der Waals surface area contributed by atoms with Crippen molar-refractivity contribution >= 4 is 11.8 Å². The van der Waals surface area contributed by atoms with Gasteiger partial charge in [-0.3, -0.25) is 9.79 Å². The average molecular weight is 245 g/mol. The number of nitrogens with zero attached hydrogens (tertiary/aromatic N) is 1. The van der Waals surface area contributed by atoms with Gasteiger partial charge in [0, 0.05) is 0 Å². The van der Waals surface area contributed by atoms with Gasteiger partial charge in [-0.1, -0.05) is 0 Å². The molecule has 0 bridgehead atoms. The summed E-state index contributed by atoms with van der Waals surface area (Å²) in [5, 5.41) is 8.80. The summed E-state index contributed by atoms with van der Waals surface area (Å²) in [6, 6.07) is 0. The molecule has 0 aromatic rings. The van der Waals surface area contributed by atoms with Gasteiger partial charge in [0.15, 0.2) is 0 Å². The lowest BCUT2D eigenvalue weighted by molar-refractivity contribution is -0.142. The van der Waals surface area contributed by atoms with Crippen LogP contribution >= 0.6 is 0 Å². The summed E-state index contributed by atoms with van der Waals surface area (Å²) in [7, 11) is 0. The first-order valence-electron chi connectivity index (χ1n) is 5.29. The second-order valence-electron chi connectivity index (χ2n) is 4.37. The Bertz CT molecular complexity index is 345. The van der Waals surface area contributed by atoms with Crippen molar-refractivity contribution in [3.63, 3.8) is 0 Å². The summed E-state index contributed by atoms with van der Waals surface area (Å²) in [4.78, 5) is 14.5. The van der Waals surface area contributed by atoms with E-state index >= 15 is 0 Å². The van der Waals surface area contributed by atoms with Crippen LogP contribution in [0.15, 0.2) is 16.4 Å². The van der Waals surface area contributed by atoms with Gasteiger partial charge in [0.2, 0.25) is 0 Å². The molecule has 5 nitrogen and oxygen atoms in total. The highest BCUT2D eigenvalue weighted by Gasteiger charge is 2.27. The molecule has 0 amide bonds. The number of nitrogens with two attached hydrogens (primary N) is 2. The predicted molar refractivity (Wildman–Crippen MR) is 65.4 cm³/mol. The number of amidine groups is 1. The Labute approximate surface area is 100 Å². The number of aliphatic carboxylic acids is 1. The molecule has 0 heterocycles. The third-order valence-corrected chi connectivity index (χ3v) is 2.44. The second kappa shape index (κ2) is 6.34. The molecule has 17 heavy (non-hydrogen) atoms. The van der Waals surface area contributed by atoms with Crippen LogP contribution in [0.1, 0.15) is 33.6 Å². The number of halogens is 1. The molecule has 0 saturated carbocycles. The van der Waals surface area contributed by atoms with Crippen LogP contribution in [-0.4, -0.2) is 29.0 Å². The third kappa shape index (κ3) is 6.01. The van der Waals surface area contributed by atoms with Crippen LogP contribution < -0.4 is 11.5 Å². The van der Waals surface area contributed by atoms with E-state index in [2.05, 4.69) is 4.99 Å². The highest BCUT2D eigenvalue weighted by atomic mass is 19.1. The van der Waals surface area contributed by atoms with Crippen molar-refractivity contribution in [2.45, 2.75) is 39.2 Å². The minimum atomic E-state index is -1.34. The Morgan fingerprint density at radius 3 is 2.41 bits per heavy atom. The summed E-state index contributed by atoms with van der Waals surface area (Å²) in [5.41, 5.74) is 9.94. The van der Waals surface area contributed by atoms with Gasteiger partial charge in [-0.15, -0.1) is 0 Å². The molecule has 0 aliphatic carbocycles. The Kier molecular flexibility index (Phi) is 5.81. The van der Waals surface area contributed by atoms with Gasteiger partial charge < -0.3 is 16.6 Å². The number of hydrogen-bond donors (Lipinski definition) is 3. The lowest BCUT2D eigenvalue weighted by atomic mass is 9.94. The fourth-order valence-electron chi connectivity index (χ4n) is 1.02. The van der Waals surface area contributed by atoms with E-state index in [9.17, 15) is 9.18 Å². The lowest BCUT2D eigenvalue weighted by Crippen LogP contribution is -2.44. The van der Waals surface area contributed by atoms with E-state index < -0.39 is 17.3 Å². The molecule has 1 atom stereocenters. The van der Waals surface area contributed by atoms with Gasteiger partial charge in [-0.25, -0.2) is 4.39 Å². The molecule has 0 aliphatic rings. The van der Waals surface area contributed by atoms with Crippen LogP contribution in [0, 0.1) is 0 Å². The number of carboxylic acids is 1. The molecule has 0 aromatic carbocycles. The summed E-state index contributed by atoms with van der Waals surface area (Å²) < 4.78 is 13.5. The Hall–Kier alpha value is -1.43. The number of hydrogen-bond acceptors (Lipinski definition) is 3. The van der Waals surface area contributed by atoms with Crippen molar-refractivity contribution in [3.05, 3.63) is 11.4 Å². The highest BCUT2D eigenvalue weighted by molar-refractivity contribution is 5.78. The first kappa shape index (κ1) is 15.6. The van der Waals surface area contributed by atoms with Gasteiger partial charge in [-0.05, 0) is 39.2 Å². The van der Waals surface area contributed by atoms with Gasteiger partial charge >= 0.3 is 5.97 Å². The van der Waals surface area contributed by atoms with Gasteiger partial charge in [-0.2, -0.15) is 0 Å². The van der Waals surface area contributed by atoms with E-state index in [4.69, 9.17) is 16.6 Å². The number of aliphatic imine (C=N–C) groups is 1. The molecule has 0 aromatic heterocycles. The summed E-state index contributed by atoms with van der Waals surface area (Å²) in [5.74, 6) is -1.18. The number of carbonyl (C=O) groups is 1. The Morgan fingerprint density at radius 2 is 2.00 bits per heavy atom. The minimum Gasteiger partial charge on any atom is -0.480 e. The molecule has 5 N–H and O–H groups in total. The molecular formula is C11H20FN3O2. The first-order valence-corrected chi connectivity index (χ1v) is 5.29. The molecule has 1 unspecified atom stereocenters. The number of allylic oxidation sites excluding steroid dienone is 1. The lowest BCUT2D eigenvalue weighted by Gasteiger charge is -2.19. The SMILES string of the molecule is CC(N)=NC/C(F)=C(/C)CCC(C)(N)C(=O)O. The maximum atomic E-state index is 13.5. The highest BCUT2D eigenvalue weighted by Crippen LogP contribution is 2.18. The first-order chi connectivity index (χ1) is 7.66. The zero-order chi connectivity index (χ0) is 13.6. The monoisotopic (exact) mass is 245 g/mol. The summed E-state index contributed by atoms with van der Waals surface area (Å²) in [6.07, 6.45) is 0.456. The van der Waals surface area contributed by atoms with Gasteiger partial charge in [0.25, 0.3) is 0 Å². The quantitative estimate of drug-likeness (QED) is 0.483. The fourth-order valence-corrected chi connectivity index (χ4v) is 1.02. The Balaban J connectivity index is 4.43. The van der Waals surface area contributed by atoms with Crippen molar-refractivity contribution in [2.75, 3.05) is 6.54 Å². The molecule has 0 saturated heterocycles. The van der Waals surface area contributed by atoms with Crippen LogP contribution in [0.3, 0.4) is 0 Å². The topological polar surface area (TPSA) is 102 Å². The third-order valence-electron chi connectivity index (χ3n) is 2.44. The van der Waals surface area contributed by atoms with Crippen molar-refractivity contribution in [1.82, 2.24) is 0 Å². The van der Waals surface area contributed by atoms with E-state index in [0.717, 1.165) is 0 Å². The smallest absolute Gasteiger partial charge is 0.323 e. The largest absolute Gasteiger partial charge is 0.480 e. The molecule has 0 fully saturated rings. The van der Waals surface area contributed by atoms with E-state index in [1.165, 1.54) is 6.92 Å². The maximum absolute atomic E-state index is 13.5. The van der Waals surface area contributed by atoms with Crippen LogP contribution in [0.2, 0.25) is 0 Å². The molecule has 0 radical (unpaired) electrons. The second-order valence-corrected chi connectivity index (χ2v) is 4.37. The van der Waals surface area contributed by atoms with Crippen LogP contribution in [0.5, 0.6) is 0 Å². The molecule has 0 spiro atoms. The maximum Gasteiger partial charge on any atom is 0.323 e. The standard InChI is InChI=1S/C11H20FN3O2/c1-7(9(12)6-15-8(2)13)4-5-11(3,14)10(16)17/h4-6,14H2,1-3H3,(H2,13,15)(H,16,17)/b9-7+. The van der Waals surface area contributed by atoms with Gasteiger partial charge in [0.05, 0.1) is 12.4 Å². The molecule has 0 aliphatic heterocycles.